The van der Waals surface area contributed by atoms with Gasteiger partial charge in [-0.3, -0.25) is 14.4 Å². The van der Waals surface area contributed by atoms with Crippen LogP contribution in [0.1, 0.15) is 168 Å². The Labute approximate surface area is 250 Å². The maximum atomic E-state index is 12.6. The summed E-state index contributed by atoms with van der Waals surface area (Å²) in [5, 5.41) is 11.4. The largest absolute Gasteiger partial charge is 0.481 e. The Morgan fingerprint density at radius 3 is 1.41 bits per heavy atom. The van der Waals surface area contributed by atoms with E-state index in [1.165, 1.54) is 89.9 Å². The minimum Gasteiger partial charge on any atom is -0.481 e. The molecule has 1 unspecified atom stereocenters. The highest BCUT2D eigenvalue weighted by Gasteiger charge is 2.24. The van der Waals surface area contributed by atoms with Crippen LogP contribution in [0.4, 0.5) is 0 Å². The van der Waals surface area contributed by atoms with E-state index in [4.69, 9.17) is 14.6 Å². The number of carbonyl (C=O) groups excluding carboxylic acids is 3. The zero-order valence-electron chi connectivity index (χ0n) is 26.4. The molecule has 0 aromatic rings. The SMILES string of the molecule is CCCCCCCCCCCCOC(=O)CCC(NC(=O)CCC(=O)O)C(=O)OCCCCCCCCCCCC. The Bertz CT molecular complexity index is 668. The number of ether oxygens (including phenoxy) is 2. The van der Waals surface area contributed by atoms with Gasteiger partial charge < -0.3 is 19.9 Å². The van der Waals surface area contributed by atoms with Crippen LogP contribution < -0.4 is 5.32 Å². The van der Waals surface area contributed by atoms with Gasteiger partial charge in [0.25, 0.3) is 0 Å². The highest BCUT2D eigenvalue weighted by Crippen LogP contribution is 2.12. The summed E-state index contributed by atoms with van der Waals surface area (Å²) in [5.41, 5.74) is 0. The van der Waals surface area contributed by atoms with Crippen LogP contribution in [0.15, 0.2) is 0 Å². The fourth-order valence-corrected chi connectivity index (χ4v) is 4.71. The van der Waals surface area contributed by atoms with Crippen molar-refractivity contribution in [3.8, 4) is 0 Å². The van der Waals surface area contributed by atoms with E-state index in [-0.39, 0.29) is 32.3 Å². The van der Waals surface area contributed by atoms with Crippen molar-refractivity contribution in [2.75, 3.05) is 13.2 Å². The summed E-state index contributed by atoms with van der Waals surface area (Å²) >= 11 is 0. The van der Waals surface area contributed by atoms with Crippen molar-refractivity contribution in [2.45, 2.75) is 174 Å². The number of aliphatic carboxylic acids is 1. The fourth-order valence-electron chi connectivity index (χ4n) is 4.71. The molecule has 0 spiro atoms. The summed E-state index contributed by atoms with van der Waals surface area (Å²) in [6.45, 7) is 5.06. The summed E-state index contributed by atoms with van der Waals surface area (Å²) in [7, 11) is 0. The van der Waals surface area contributed by atoms with Gasteiger partial charge in [0.05, 0.1) is 19.6 Å². The first kappa shape index (κ1) is 38.9. The van der Waals surface area contributed by atoms with Gasteiger partial charge in [0.15, 0.2) is 0 Å². The average Bonchev–Trinajstić information content (AvgIpc) is 2.95. The lowest BCUT2D eigenvalue weighted by Gasteiger charge is -2.17. The quantitative estimate of drug-likeness (QED) is 0.0648. The Balaban J connectivity index is 4.20. The molecule has 1 atom stereocenters. The van der Waals surface area contributed by atoms with E-state index >= 15 is 0 Å². The number of hydrogen-bond donors (Lipinski definition) is 2. The molecule has 2 N–H and O–H groups in total. The highest BCUT2D eigenvalue weighted by molar-refractivity contribution is 5.86. The molecule has 0 radical (unpaired) electrons. The predicted octanol–water partition coefficient (Wildman–Crippen LogP) is 8.04. The lowest BCUT2D eigenvalue weighted by molar-refractivity contribution is -0.149. The molecule has 1 amide bonds. The van der Waals surface area contributed by atoms with Gasteiger partial charge in [0.2, 0.25) is 5.91 Å². The van der Waals surface area contributed by atoms with E-state index in [9.17, 15) is 19.2 Å². The summed E-state index contributed by atoms with van der Waals surface area (Å²) in [6, 6.07) is -0.996. The van der Waals surface area contributed by atoms with E-state index in [0.717, 1.165) is 38.5 Å². The van der Waals surface area contributed by atoms with E-state index in [0.29, 0.717) is 6.61 Å². The van der Waals surface area contributed by atoms with Crippen LogP contribution in [0, 0.1) is 0 Å². The predicted molar refractivity (Wildman–Crippen MR) is 164 cm³/mol. The Morgan fingerprint density at radius 2 is 0.976 bits per heavy atom. The lowest BCUT2D eigenvalue weighted by Crippen LogP contribution is -2.42. The molecular formula is C33H61NO7. The van der Waals surface area contributed by atoms with Crippen LogP contribution in [0.3, 0.4) is 0 Å². The Hall–Kier alpha value is -2.12. The zero-order valence-corrected chi connectivity index (χ0v) is 26.4. The van der Waals surface area contributed by atoms with Gasteiger partial charge in [-0.25, -0.2) is 4.79 Å². The van der Waals surface area contributed by atoms with Gasteiger partial charge in [0.1, 0.15) is 6.04 Å². The van der Waals surface area contributed by atoms with Crippen molar-refractivity contribution in [1.82, 2.24) is 5.32 Å². The standard InChI is InChI=1S/C33H61NO7/c1-3-5-7-9-11-13-15-17-19-21-27-40-32(38)26-23-29(34-30(35)24-25-31(36)37)33(39)41-28-22-20-18-16-14-12-10-8-6-4-2/h29H,3-28H2,1-2H3,(H,34,35)(H,36,37). The Morgan fingerprint density at radius 1 is 0.561 bits per heavy atom. The van der Waals surface area contributed by atoms with Crippen molar-refractivity contribution in [3.05, 3.63) is 0 Å². The number of nitrogens with one attached hydrogen (secondary N) is 1. The second-order valence-corrected chi connectivity index (χ2v) is 11.3. The van der Waals surface area contributed by atoms with Gasteiger partial charge in [0, 0.05) is 12.8 Å². The molecule has 0 bridgehead atoms. The van der Waals surface area contributed by atoms with E-state index in [2.05, 4.69) is 19.2 Å². The van der Waals surface area contributed by atoms with Gasteiger partial charge >= 0.3 is 17.9 Å². The van der Waals surface area contributed by atoms with E-state index in [1.54, 1.807) is 0 Å². The number of unbranched alkanes of at least 4 members (excludes halogenated alkanes) is 18. The third-order valence-electron chi connectivity index (χ3n) is 7.33. The van der Waals surface area contributed by atoms with Crippen LogP contribution >= 0.6 is 0 Å². The summed E-state index contributed by atoms with van der Waals surface area (Å²) in [6.07, 6.45) is 23.2. The maximum absolute atomic E-state index is 12.6. The summed E-state index contributed by atoms with van der Waals surface area (Å²) in [5.74, 6) is -2.64. The molecule has 0 aliphatic carbocycles. The van der Waals surface area contributed by atoms with Crippen molar-refractivity contribution < 1.29 is 33.8 Å². The number of amides is 1. The molecular weight excluding hydrogens is 522 g/mol. The molecule has 0 heterocycles. The van der Waals surface area contributed by atoms with Gasteiger partial charge in [-0.2, -0.15) is 0 Å². The van der Waals surface area contributed by atoms with E-state index < -0.39 is 29.9 Å². The Kier molecular flexibility index (Phi) is 27.9. The smallest absolute Gasteiger partial charge is 0.328 e. The van der Waals surface area contributed by atoms with Crippen molar-refractivity contribution in [1.29, 1.82) is 0 Å². The number of esters is 2. The number of hydrogen-bond acceptors (Lipinski definition) is 6. The van der Waals surface area contributed by atoms with Gasteiger partial charge in [-0.05, 0) is 19.3 Å². The molecule has 0 saturated heterocycles. The minimum absolute atomic E-state index is 0.0189. The summed E-state index contributed by atoms with van der Waals surface area (Å²) in [4.78, 5) is 47.8. The topological polar surface area (TPSA) is 119 Å². The second kappa shape index (κ2) is 29.4. The summed E-state index contributed by atoms with van der Waals surface area (Å²) < 4.78 is 10.7. The van der Waals surface area contributed by atoms with Crippen LogP contribution in [-0.2, 0) is 28.7 Å². The average molecular weight is 584 g/mol. The van der Waals surface area contributed by atoms with Gasteiger partial charge in [-0.15, -0.1) is 0 Å². The third-order valence-corrected chi connectivity index (χ3v) is 7.33. The minimum atomic E-state index is -1.09. The molecule has 0 rings (SSSR count). The van der Waals surface area contributed by atoms with Crippen molar-refractivity contribution in [2.24, 2.45) is 0 Å². The molecule has 8 nitrogen and oxygen atoms in total. The first-order valence-electron chi connectivity index (χ1n) is 16.7. The molecule has 0 aromatic carbocycles. The highest BCUT2D eigenvalue weighted by atomic mass is 16.5. The van der Waals surface area contributed by atoms with Gasteiger partial charge in [-0.1, -0.05) is 129 Å². The molecule has 0 saturated carbocycles. The first-order valence-corrected chi connectivity index (χ1v) is 16.7. The molecule has 8 heteroatoms. The number of carboxylic acid groups (broad SMARTS) is 1. The number of carboxylic acids is 1. The zero-order chi connectivity index (χ0) is 30.4. The normalized spacial score (nSPS) is 11.7. The first-order chi connectivity index (χ1) is 19.9. The van der Waals surface area contributed by atoms with Crippen LogP contribution in [0.5, 0.6) is 0 Å². The van der Waals surface area contributed by atoms with Crippen LogP contribution in [-0.4, -0.2) is 48.2 Å². The third kappa shape index (κ3) is 27.8. The fraction of sp³-hybridized carbons (Fsp3) is 0.879. The molecule has 0 aliphatic heterocycles. The van der Waals surface area contributed by atoms with Crippen LogP contribution in [0.2, 0.25) is 0 Å². The molecule has 0 aliphatic rings. The number of rotatable bonds is 30. The van der Waals surface area contributed by atoms with E-state index in [1.807, 2.05) is 0 Å². The molecule has 41 heavy (non-hydrogen) atoms. The van der Waals surface area contributed by atoms with Crippen molar-refractivity contribution in [3.63, 3.8) is 0 Å². The monoisotopic (exact) mass is 583 g/mol. The maximum Gasteiger partial charge on any atom is 0.328 e. The number of carbonyl (C=O) groups is 4. The second-order valence-electron chi connectivity index (χ2n) is 11.3. The molecule has 0 fully saturated rings. The van der Waals surface area contributed by atoms with Crippen molar-refractivity contribution >= 4 is 23.8 Å². The lowest BCUT2D eigenvalue weighted by atomic mass is 10.1. The molecule has 0 aromatic heterocycles. The van der Waals surface area contributed by atoms with Crippen LogP contribution in [0.25, 0.3) is 0 Å². The molecule has 240 valence electrons.